The third-order valence-electron chi connectivity index (χ3n) is 5.49. The molecule has 1 fully saturated rings. The van der Waals surface area contributed by atoms with Gasteiger partial charge >= 0.3 is 0 Å². The Morgan fingerprint density at radius 3 is 2.48 bits per heavy atom. The molecule has 1 aliphatic carbocycles. The van der Waals surface area contributed by atoms with Gasteiger partial charge in [0.1, 0.15) is 0 Å². The molecular weight excluding hydrogens is 342 g/mol. The fraction of sp³-hybridized carbons (Fsp3) is 0.714. The van der Waals surface area contributed by atoms with Crippen LogP contribution in [0, 0.1) is 11.3 Å². The first-order valence-corrected chi connectivity index (χ1v) is 10.1. The Morgan fingerprint density at radius 2 is 1.93 bits per heavy atom. The van der Waals surface area contributed by atoms with Gasteiger partial charge in [-0.2, -0.15) is 0 Å². The van der Waals surface area contributed by atoms with E-state index in [2.05, 4.69) is 29.4 Å². The highest BCUT2D eigenvalue weighted by molar-refractivity contribution is 5.83. The monoisotopic (exact) mass is 377 g/mol. The molecule has 0 aromatic carbocycles. The van der Waals surface area contributed by atoms with Gasteiger partial charge in [0.25, 0.3) is 0 Å². The first-order valence-electron chi connectivity index (χ1n) is 10.1. The second kappa shape index (κ2) is 9.93. The minimum atomic E-state index is -0.302. The van der Waals surface area contributed by atoms with Gasteiger partial charge in [-0.25, -0.2) is 0 Å². The molecule has 0 radical (unpaired) electrons. The topological polar surface area (TPSA) is 74.6 Å². The van der Waals surface area contributed by atoms with Crippen LogP contribution >= 0.6 is 0 Å². The van der Waals surface area contributed by atoms with Crippen LogP contribution in [0.5, 0.6) is 0 Å². The quantitative estimate of drug-likeness (QED) is 0.694. The lowest BCUT2D eigenvalue weighted by molar-refractivity contribution is -0.134. The van der Waals surface area contributed by atoms with Gasteiger partial charge < -0.3 is 20.0 Å². The molecule has 2 rings (SSSR count). The molecule has 1 saturated carbocycles. The Kier molecular flexibility index (Phi) is 7.90. The zero-order valence-corrected chi connectivity index (χ0v) is 17.2. The molecule has 0 aliphatic heterocycles. The Balaban J connectivity index is 1.93. The van der Waals surface area contributed by atoms with Crippen LogP contribution in [0.25, 0.3) is 0 Å². The van der Waals surface area contributed by atoms with Crippen LogP contribution in [0.4, 0.5) is 0 Å². The number of furan rings is 1. The maximum Gasteiger partial charge on any atom is 0.227 e. The molecule has 2 N–H and O–H groups in total. The Hall–Kier alpha value is -1.82. The van der Waals surface area contributed by atoms with Crippen molar-refractivity contribution in [2.24, 2.45) is 11.3 Å². The highest BCUT2D eigenvalue weighted by Gasteiger charge is 2.40. The fourth-order valence-electron chi connectivity index (χ4n) is 3.97. The van der Waals surface area contributed by atoms with Crippen molar-refractivity contribution in [1.82, 2.24) is 15.5 Å². The van der Waals surface area contributed by atoms with Crippen molar-refractivity contribution >= 4 is 11.8 Å². The zero-order chi connectivity index (χ0) is 19.9. The van der Waals surface area contributed by atoms with Gasteiger partial charge in [-0.3, -0.25) is 9.59 Å². The van der Waals surface area contributed by atoms with Crippen molar-refractivity contribution in [2.75, 3.05) is 27.2 Å². The predicted molar refractivity (Wildman–Crippen MR) is 106 cm³/mol. The Labute approximate surface area is 163 Å². The third kappa shape index (κ3) is 6.38. The second-order valence-electron chi connectivity index (χ2n) is 8.52. The molecule has 2 amide bonds. The van der Waals surface area contributed by atoms with Gasteiger partial charge in [-0.1, -0.05) is 33.1 Å². The van der Waals surface area contributed by atoms with E-state index in [1.54, 1.807) is 18.6 Å². The van der Waals surface area contributed by atoms with Crippen LogP contribution in [0.2, 0.25) is 0 Å². The molecule has 0 bridgehead atoms. The van der Waals surface area contributed by atoms with E-state index in [0.717, 1.165) is 37.8 Å². The summed E-state index contributed by atoms with van der Waals surface area (Å²) in [5, 5.41) is 6.21. The number of amides is 2. The highest BCUT2D eigenvalue weighted by Crippen LogP contribution is 2.37. The molecule has 152 valence electrons. The summed E-state index contributed by atoms with van der Waals surface area (Å²) >= 11 is 0. The van der Waals surface area contributed by atoms with Gasteiger partial charge in [0.15, 0.2) is 0 Å². The van der Waals surface area contributed by atoms with Gasteiger partial charge in [0.05, 0.1) is 24.4 Å². The third-order valence-corrected chi connectivity index (χ3v) is 5.49. The summed E-state index contributed by atoms with van der Waals surface area (Å²) in [6.45, 7) is 5.36. The summed E-state index contributed by atoms with van der Waals surface area (Å²) in [5.41, 5.74) is 0.551. The Bertz CT molecular complexity index is 590. The molecule has 0 saturated heterocycles. The molecule has 6 heteroatoms. The number of rotatable bonds is 9. The van der Waals surface area contributed by atoms with Crippen LogP contribution in [0.3, 0.4) is 0 Å². The summed E-state index contributed by atoms with van der Waals surface area (Å²) in [4.78, 5) is 27.5. The molecule has 1 atom stereocenters. The van der Waals surface area contributed by atoms with Crippen molar-refractivity contribution in [1.29, 1.82) is 0 Å². The van der Waals surface area contributed by atoms with Gasteiger partial charge in [-0.05, 0) is 44.5 Å². The van der Waals surface area contributed by atoms with E-state index in [1.807, 2.05) is 14.1 Å². The van der Waals surface area contributed by atoms with Crippen LogP contribution < -0.4 is 10.6 Å². The second-order valence-corrected chi connectivity index (χ2v) is 8.52. The van der Waals surface area contributed by atoms with Gasteiger partial charge in [0, 0.05) is 19.1 Å². The minimum Gasteiger partial charge on any atom is -0.472 e. The van der Waals surface area contributed by atoms with Crippen LogP contribution in [-0.2, 0) is 16.0 Å². The fourth-order valence-corrected chi connectivity index (χ4v) is 3.97. The normalized spacial score (nSPS) is 17.7. The Morgan fingerprint density at radius 1 is 1.22 bits per heavy atom. The van der Waals surface area contributed by atoms with Crippen molar-refractivity contribution in [3.05, 3.63) is 24.2 Å². The molecule has 27 heavy (non-hydrogen) atoms. The van der Waals surface area contributed by atoms with Crippen molar-refractivity contribution < 1.29 is 14.0 Å². The molecular formula is C21H35N3O3. The SMILES string of the molecule is CC(C)C(CNC(=O)C1(CN(C)C)CCCCC1)NC(=O)Cc1ccoc1. The molecule has 0 spiro atoms. The number of hydrogen-bond donors (Lipinski definition) is 2. The lowest BCUT2D eigenvalue weighted by atomic mass is 9.73. The van der Waals surface area contributed by atoms with E-state index in [1.165, 1.54) is 6.42 Å². The maximum absolute atomic E-state index is 13.1. The van der Waals surface area contributed by atoms with Crippen molar-refractivity contribution in [3.63, 3.8) is 0 Å². The summed E-state index contributed by atoms with van der Waals surface area (Å²) < 4.78 is 5.02. The van der Waals surface area contributed by atoms with Crippen LogP contribution in [0.1, 0.15) is 51.5 Å². The van der Waals surface area contributed by atoms with Crippen molar-refractivity contribution in [3.8, 4) is 0 Å². The van der Waals surface area contributed by atoms with Crippen molar-refractivity contribution in [2.45, 2.75) is 58.4 Å². The maximum atomic E-state index is 13.1. The molecule has 1 aromatic rings. The standard InChI is InChI=1S/C21H35N3O3/c1-16(2)18(23-19(25)12-17-8-11-27-14-17)13-22-20(26)21(15-24(3)4)9-6-5-7-10-21/h8,11,14,16,18H,5-7,9-10,12-13,15H2,1-4H3,(H,22,26)(H,23,25). The van der Waals surface area contributed by atoms with Gasteiger partial charge in [0.2, 0.25) is 11.8 Å². The number of nitrogens with one attached hydrogen (secondary N) is 2. The van der Waals surface area contributed by atoms with E-state index in [4.69, 9.17) is 4.42 Å². The summed E-state index contributed by atoms with van der Waals surface area (Å²) in [6.07, 6.45) is 8.75. The van der Waals surface area contributed by atoms with E-state index >= 15 is 0 Å². The average molecular weight is 378 g/mol. The summed E-state index contributed by atoms with van der Waals surface area (Å²) in [7, 11) is 4.05. The van der Waals surface area contributed by atoms with Crippen LogP contribution in [-0.4, -0.2) is 49.9 Å². The number of carbonyl (C=O) groups excluding carboxylic acids is 2. The van der Waals surface area contributed by atoms with Gasteiger partial charge in [-0.15, -0.1) is 0 Å². The van der Waals surface area contributed by atoms with Crippen LogP contribution in [0.15, 0.2) is 23.0 Å². The minimum absolute atomic E-state index is 0.0509. The first kappa shape index (κ1) is 21.5. The number of nitrogens with zero attached hydrogens (tertiary/aromatic N) is 1. The molecule has 1 aromatic heterocycles. The smallest absolute Gasteiger partial charge is 0.227 e. The van der Waals surface area contributed by atoms with E-state index in [-0.39, 0.29) is 35.6 Å². The zero-order valence-electron chi connectivity index (χ0n) is 17.2. The number of carbonyl (C=O) groups is 2. The summed E-state index contributed by atoms with van der Waals surface area (Å²) in [6, 6.07) is 1.70. The summed E-state index contributed by atoms with van der Waals surface area (Å²) in [5.74, 6) is 0.311. The predicted octanol–water partition coefficient (Wildman–Crippen LogP) is 2.59. The largest absolute Gasteiger partial charge is 0.472 e. The molecule has 1 heterocycles. The van der Waals surface area contributed by atoms with E-state index in [9.17, 15) is 9.59 Å². The first-order chi connectivity index (χ1) is 12.8. The lowest BCUT2D eigenvalue weighted by Gasteiger charge is -2.38. The molecule has 1 aliphatic rings. The van der Waals surface area contributed by atoms with E-state index in [0.29, 0.717) is 6.54 Å². The molecule has 6 nitrogen and oxygen atoms in total. The molecule has 1 unspecified atom stereocenters. The number of hydrogen-bond acceptors (Lipinski definition) is 4. The van der Waals surface area contributed by atoms with E-state index < -0.39 is 0 Å². The average Bonchev–Trinajstić information content (AvgIpc) is 3.11. The lowest BCUT2D eigenvalue weighted by Crippen LogP contribution is -2.53. The highest BCUT2D eigenvalue weighted by atomic mass is 16.3.